The molecule has 0 unspecified atom stereocenters. The number of halogens is 3. The first-order valence-corrected chi connectivity index (χ1v) is 7.29. The molecule has 1 aromatic heterocycles. The molecule has 0 aromatic carbocycles. The van der Waals surface area contributed by atoms with Gasteiger partial charge in [-0.1, -0.05) is 0 Å². The smallest absolute Gasteiger partial charge is 0.396 e. The maximum atomic E-state index is 12.4. The quantitative estimate of drug-likeness (QED) is 0.659. The van der Waals surface area contributed by atoms with E-state index in [1.165, 1.54) is 11.8 Å². The summed E-state index contributed by atoms with van der Waals surface area (Å²) in [5.74, 6) is 0.616. The molecule has 21 heavy (non-hydrogen) atoms. The molecule has 9 heteroatoms. The fourth-order valence-electron chi connectivity index (χ4n) is 1.42. The molecule has 0 fully saturated rings. The summed E-state index contributed by atoms with van der Waals surface area (Å²) >= 11 is 1.52. The molecule has 0 saturated carbocycles. The minimum atomic E-state index is -4.66. The van der Waals surface area contributed by atoms with Gasteiger partial charge in [0.2, 0.25) is 0 Å². The SMILES string of the molecule is O=C(NCCSCCCO)c1ccc(C(F)(F)F)[nH]c1=O. The van der Waals surface area contributed by atoms with Gasteiger partial charge < -0.3 is 15.4 Å². The number of pyridine rings is 1. The number of alkyl halides is 3. The fraction of sp³-hybridized carbons (Fsp3) is 0.500. The van der Waals surface area contributed by atoms with Crippen molar-refractivity contribution in [1.29, 1.82) is 0 Å². The van der Waals surface area contributed by atoms with Crippen molar-refractivity contribution < 1.29 is 23.1 Å². The summed E-state index contributed by atoms with van der Waals surface area (Å²) < 4.78 is 37.1. The lowest BCUT2D eigenvalue weighted by molar-refractivity contribution is -0.141. The molecule has 1 aromatic rings. The zero-order valence-corrected chi connectivity index (χ0v) is 11.8. The summed E-state index contributed by atoms with van der Waals surface area (Å²) in [6, 6.07) is 1.52. The van der Waals surface area contributed by atoms with E-state index in [2.05, 4.69) is 5.32 Å². The average molecular weight is 324 g/mol. The minimum Gasteiger partial charge on any atom is -0.396 e. The van der Waals surface area contributed by atoms with Gasteiger partial charge in [-0.2, -0.15) is 24.9 Å². The number of amides is 1. The Balaban J connectivity index is 2.54. The second kappa shape index (κ2) is 8.08. The number of aromatic nitrogens is 1. The normalized spacial score (nSPS) is 11.4. The Morgan fingerprint density at radius 1 is 1.33 bits per heavy atom. The van der Waals surface area contributed by atoms with E-state index in [0.717, 1.165) is 11.8 Å². The van der Waals surface area contributed by atoms with Crippen LogP contribution in [0.1, 0.15) is 22.5 Å². The van der Waals surface area contributed by atoms with Gasteiger partial charge in [-0.15, -0.1) is 0 Å². The van der Waals surface area contributed by atoms with Gasteiger partial charge in [0.05, 0.1) is 0 Å². The van der Waals surface area contributed by atoms with Crippen LogP contribution in [0.15, 0.2) is 16.9 Å². The van der Waals surface area contributed by atoms with Crippen LogP contribution in [0.25, 0.3) is 0 Å². The molecule has 1 heterocycles. The molecule has 0 radical (unpaired) electrons. The van der Waals surface area contributed by atoms with Crippen LogP contribution < -0.4 is 10.9 Å². The van der Waals surface area contributed by atoms with E-state index in [1.54, 1.807) is 4.98 Å². The van der Waals surface area contributed by atoms with Crippen molar-refractivity contribution in [2.45, 2.75) is 12.6 Å². The van der Waals surface area contributed by atoms with Crippen LogP contribution in [-0.2, 0) is 6.18 Å². The molecule has 0 aliphatic rings. The predicted molar refractivity (Wildman–Crippen MR) is 73.4 cm³/mol. The zero-order chi connectivity index (χ0) is 15.9. The second-order valence-electron chi connectivity index (χ2n) is 4.06. The molecule has 0 spiro atoms. The lowest BCUT2D eigenvalue weighted by Crippen LogP contribution is -2.32. The number of nitrogens with one attached hydrogen (secondary N) is 2. The van der Waals surface area contributed by atoms with E-state index in [1.807, 2.05) is 0 Å². The number of H-pyrrole nitrogens is 1. The Hall–Kier alpha value is -1.48. The Bertz CT molecular complexity index is 531. The molecule has 0 atom stereocenters. The van der Waals surface area contributed by atoms with E-state index >= 15 is 0 Å². The highest BCUT2D eigenvalue weighted by Crippen LogP contribution is 2.26. The number of carbonyl (C=O) groups excluding carboxylic acids is 1. The largest absolute Gasteiger partial charge is 0.431 e. The number of aromatic amines is 1. The number of carbonyl (C=O) groups is 1. The van der Waals surface area contributed by atoms with Gasteiger partial charge in [-0.25, -0.2) is 0 Å². The van der Waals surface area contributed by atoms with E-state index in [-0.39, 0.29) is 18.7 Å². The van der Waals surface area contributed by atoms with Crippen LogP contribution >= 0.6 is 11.8 Å². The number of hydrogen-bond acceptors (Lipinski definition) is 4. The molecule has 118 valence electrons. The molecular weight excluding hydrogens is 309 g/mol. The predicted octanol–water partition coefficient (Wildman–Crippen LogP) is 1.24. The van der Waals surface area contributed by atoms with E-state index < -0.39 is 23.3 Å². The molecule has 0 aliphatic heterocycles. The molecule has 0 bridgehead atoms. The number of thioether (sulfide) groups is 1. The highest BCUT2D eigenvalue weighted by molar-refractivity contribution is 7.99. The highest BCUT2D eigenvalue weighted by atomic mass is 32.2. The zero-order valence-electron chi connectivity index (χ0n) is 11.0. The van der Waals surface area contributed by atoms with Gasteiger partial charge >= 0.3 is 6.18 Å². The molecule has 1 amide bonds. The van der Waals surface area contributed by atoms with Gasteiger partial charge in [0.1, 0.15) is 11.3 Å². The molecule has 5 nitrogen and oxygen atoms in total. The lowest BCUT2D eigenvalue weighted by Gasteiger charge is -2.08. The standard InChI is InChI=1S/C12H15F3N2O3S/c13-12(14,15)9-3-2-8(11(20)17-9)10(19)16-4-7-21-6-1-5-18/h2-3,18H,1,4-7H2,(H,16,19)(H,17,20). The number of aliphatic hydroxyl groups is 1. The van der Waals surface area contributed by atoms with Crippen LogP contribution in [0.3, 0.4) is 0 Å². The van der Waals surface area contributed by atoms with Crippen LogP contribution in [0.4, 0.5) is 13.2 Å². The Kier molecular flexibility index (Phi) is 6.76. The van der Waals surface area contributed by atoms with Gasteiger partial charge in [0, 0.05) is 18.9 Å². The van der Waals surface area contributed by atoms with Crippen molar-refractivity contribution in [3.63, 3.8) is 0 Å². The van der Waals surface area contributed by atoms with Crippen LogP contribution in [0.2, 0.25) is 0 Å². The summed E-state index contributed by atoms with van der Waals surface area (Å²) in [6.07, 6.45) is -4.01. The summed E-state index contributed by atoms with van der Waals surface area (Å²) in [4.78, 5) is 24.7. The summed E-state index contributed by atoms with van der Waals surface area (Å²) in [5.41, 5.74) is -2.62. The maximum Gasteiger partial charge on any atom is 0.431 e. The number of aliphatic hydroxyl groups excluding tert-OH is 1. The van der Waals surface area contributed by atoms with Crippen molar-refractivity contribution in [2.75, 3.05) is 24.7 Å². The summed E-state index contributed by atoms with van der Waals surface area (Å²) in [6.45, 7) is 0.385. The van der Waals surface area contributed by atoms with Crippen molar-refractivity contribution in [2.24, 2.45) is 0 Å². The lowest BCUT2D eigenvalue weighted by atomic mass is 10.2. The third-order valence-corrected chi connectivity index (χ3v) is 3.51. The first-order chi connectivity index (χ1) is 9.86. The molecular formula is C12H15F3N2O3S. The third-order valence-electron chi connectivity index (χ3n) is 2.44. The fourth-order valence-corrected chi connectivity index (χ4v) is 2.20. The van der Waals surface area contributed by atoms with Crippen LogP contribution in [0.5, 0.6) is 0 Å². The Morgan fingerprint density at radius 2 is 2.05 bits per heavy atom. The van der Waals surface area contributed by atoms with Gasteiger partial charge in [0.25, 0.3) is 11.5 Å². The topological polar surface area (TPSA) is 82.2 Å². The van der Waals surface area contributed by atoms with E-state index in [0.29, 0.717) is 18.2 Å². The Labute approximate surface area is 122 Å². The van der Waals surface area contributed by atoms with Crippen molar-refractivity contribution in [1.82, 2.24) is 10.3 Å². The maximum absolute atomic E-state index is 12.4. The minimum absolute atomic E-state index is 0.0975. The molecule has 0 aliphatic carbocycles. The van der Waals surface area contributed by atoms with Crippen molar-refractivity contribution in [3.8, 4) is 0 Å². The van der Waals surface area contributed by atoms with Gasteiger partial charge in [0.15, 0.2) is 0 Å². The second-order valence-corrected chi connectivity index (χ2v) is 5.28. The molecule has 0 saturated heterocycles. The first kappa shape index (κ1) is 17.6. The third kappa shape index (κ3) is 5.80. The van der Waals surface area contributed by atoms with Crippen LogP contribution in [-0.4, -0.2) is 40.7 Å². The van der Waals surface area contributed by atoms with E-state index in [9.17, 15) is 22.8 Å². The molecule has 3 N–H and O–H groups in total. The number of hydrogen-bond donors (Lipinski definition) is 3. The van der Waals surface area contributed by atoms with Gasteiger partial charge in [-0.05, 0) is 24.3 Å². The number of rotatable bonds is 7. The van der Waals surface area contributed by atoms with Gasteiger partial charge in [-0.3, -0.25) is 9.59 Å². The monoisotopic (exact) mass is 324 g/mol. The highest BCUT2D eigenvalue weighted by Gasteiger charge is 2.32. The Morgan fingerprint density at radius 3 is 2.62 bits per heavy atom. The molecule has 1 rings (SSSR count). The van der Waals surface area contributed by atoms with E-state index in [4.69, 9.17) is 5.11 Å². The summed E-state index contributed by atoms with van der Waals surface area (Å²) in [7, 11) is 0. The summed E-state index contributed by atoms with van der Waals surface area (Å²) in [5, 5.41) is 11.0. The van der Waals surface area contributed by atoms with Crippen LogP contribution in [0, 0.1) is 0 Å². The van der Waals surface area contributed by atoms with Crippen molar-refractivity contribution in [3.05, 3.63) is 33.7 Å². The first-order valence-electron chi connectivity index (χ1n) is 6.13. The van der Waals surface area contributed by atoms with Crippen molar-refractivity contribution >= 4 is 17.7 Å². The average Bonchev–Trinajstić information content (AvgIpc) is 2.41.